The minimum absolute atomic E-state index is 0.231. The Kier molecular flexibility index (Phi) is 3.60. The standard InChI is InChI=1S/C11H10ClNO/c1-3-5-8-6-9(7-14)11(12)13-10(8)4-2/h3-7H,1H2,2H3/b8-5-,10-4+. The zero-order valence-electron chi connectivity index (χ0n) is 7.83. The van der Waals surface area contributed by atoms with E-state index in [9.17, 15) is 4.79 Å². The van der Waals surface area contributed by atoms with Gasteiger partial charge in [0, 0.05) is 5.22 Å². The Hall–Kier alpha value is -1.41. The van der Waals surface area contributed by atoms with Crippen molar-refractivity contribution in [3.63, 3.8) is 0 Å². The van der Waals surface area contributed by atoms with Crippen LogP contribution in [0.2, 0.25) is 5.15 Å². The Bertz CT molecular complexity index is 477. The highest BCUT2D eigenvalue weighted by molar-refractivity contribution is 6.31. The van der Waals surface area contributed by atoms with Crippen molar-refractivity contribution >= 4 is 30.0 Å². The molecule has 0 bridgehead atoms. The van der Waals surface area contributed by atoms with Crippen LogP contribution in [-0.2, 0) is 0 Å². The second-order valence-electron chi connectivity index (χ2n) is 2.65. The van der Waals surface area contributed by atoms with Gasteiger partial charge in [-0.2, -0.15) is 0 Å². The molecule has 0 aliphatic carbocycles. The summed E-state index contributed by atoms with van der Waals surface area (Å²) >= 11 is 5.78. The van der Waals surface area contributed by atoms with E-state index in [-0.39, 0.29) is 5.15 Å². The van der Waals surface area contributed by atoms with Gasteiger partial charge in [0.15, 0.2) is 6.29 Å². The van der Waals surface area contributed by atoms with Gasteiger partial charge in [-0.25, -0.2) is 4.98 Å². The second-order valence-corrected chi connectivity index (χ2v) is 3.01. The molecule has 0 amide bonds. The Labute approximate surface area is 87.2 Å². The summed E-state index contributed by atoms with van der Waals surface area (Å²) in [6.45, 7) is 5.45. The van der Waals surface area contributed by atoms with Gasteiger partial charge < -0.3 is 0 Å². The third-order valence-electron chi connectivity index (χ3n) is 1.76. The van der Waals surface area contributed by atoms with Gasteiger partial charge in [-0.15, -0.1) is 0 Å². The van der Waals surface area contributed by atoms with E-state index < -0.39 is 0 Å². The van der Waals surface area contributed by atoms with Crippen LogP contribution in [0.3, 0.4) is 0 Å². The van der Waals surface area contributed by atoms with Crippen LogP contribution in [0.1, 0.15) is 17.3 Å². The molecule has 1 rings (SSSR count). The fourth-order valence-corrected chi connectivity index (χ4v) is 1.30. The van der Waals surface area contributed by atoms with Crippen LogP contribution in [0.15, 0.2) is 18.7 Å². The molecule has 1 heterocycles. The van der Waals surface area contributed by atoms with Crippen LogP contribution in [0.4, 0.5) is 0 Å². The zero-order chi connectivity index (χ0) is 10.6. The summed E-state index contributed by atoms with van der Waals surface area (Å²) in [5, 5.41) is 1.82. The van der Waals surface area contributed by atoms with Crippen LogP contribution in [0.5, 0.6) is 0 Å². The predicted molar refractivity (Wildman–Crippen MR) is 58.7 cm³/mol. The lowest BCUT2D eigenvalue weighted by atomic mass is 10.2. The third kappa shape index (κ3) is 2.09. The van der Waals surface area contributed by atoms with Gasteiger partial charge in [-0.3, -0.25) is 4.79 Å². The largest absolute Gasteiger partial charge is 0.298 e. The number of allylic oxidation sites excluding steroid dienone is 1. The number of pyridine rings is 1. The lowest BCUT2D eigenvalue weighted by Gasteiger charge is -1.95. The van der Waals surface area contributed by atoms with Gasteiger partial charge in [-0.1, -0.05) is 36.4 Å². The van der Waals surface area contributed by atoms with E-state index >= 15 is 0 Å². The van der Waals surface area contributed by atoms with Crippen LogP contribution in [-0.4, -0.2) is 11.3 Å². The molecule has 0 unspecified atom stereocenters. The third-order valence-corrected chi connectivity index (χ3v) is 2.06. The number of rotatable bonds is 2. The fourth-order valence-electron chi connectivity index (χ4n) is 1.11. The Balaban J connectivity index is 3.65. The summed E-state index contributed by atoms with van der Waals surface area (Å²) in [5.74, 6) is 0. The Morgan fingerprint density at radius 2 is 2.29 bits per heavy atom. The number of hydrogen-bond acceptors (Lipinski definition) is 2. The molecule has 0 saturated heterocycles. The van der Waals surface area contributed by atoms with Crippen molar-refractivity contribution in [1.29, 1.82) is 0 Å². The van der Waals surface area contributed by atoms with Crippen molar-refractivity contribution in [2.75, 3.05) is 0 Å². The van der Waals surface area contributed by atoms with Crippen molar-refractivity contribution in [2.45, 2.75) is 6.92 Å². The van der Waals surface area contributed by atoms with E-state index in [4.69, 9.17) is 11.6 Å². The summed E-state index contributed by atoms with van der Waals surface area (Å²) in [4.78, 5) is 14.7. The van der Waals surface area contributed by atoms with Crippen molar-refractivity contribution in [3.8, 4) is 0 Å². The first-order valence-electron chi connectivity index (χ1n) is 4.13. The summed E-state index contributed by atoms with van der Waals surface area (Å²) in [5.41, 5.74) is 0.394. The molecule has 3 heteroatoms. The van der Waals surface area contributed by atoms with Gasteiger partial charge in [-0.05, 0) is 13.0 Å². The quantitative estimate of drug-likeness (QED) is 0.541. The molecule has 0 atom stereocenters. The van der Waals surface area contributed by atoms with E-state index in [0.29, 0.717) is 11.8 Å². The highest BCUT2D eigenvalue weighted by atomic mass is 35.5. The Morgan fingerprint density at radius 3 is 2.79 bits per heavy atom. The number of halogens is 1. The number of carbonyl (C=O) groups is 1. The molecular weight excluding hydrogens is 198 g/mol. The maximum atomic E-state index is 10.6. The maximum Gasteiger partial charge on any atom is 0.153 e. The summed E-state index contributed by atoms with van der Waals surface area (Å²) in [7, 11) is 0. The predicted octanol–water partition coefficient (Wildman–Crippen LogP) is 1.31. The highest BCUT2D eigenvalue weighted by Gasteiger charge is 1.99. The smallest absolute Gasteiger partial charge is 0.153 e. The van der Waals surface area contributed by atoms with E-state index in [0.717, 1.165) is 10.6 Å². The van der Waals surface area contributed by atoms with Gasteiger partial charge in [0.1, 0.15) is 5.15 Å². The molecule has 0 aromatic carbocycles. The minimum atomic E-state index is 0.231. The molecule has 1 aromatic heterocycles. The molecule has 0 spiro atoms. The second kappa shape index (κ2) is 4.72. The topological polar surface area (TPSA) is 30.0 Å². The monoisotopic (exact) mass is 207 g/mol. The first-order valence-corrected chi connectivity index (χ1v) is 4.51. The normalized spacial score (nSPS) is 13.0. The van der Waals surface area contributed by atoms with Crippen molar-refractivity contribution in [1.82, 2.24) is 4.98 Å². The number of aromatic nitrogens is 1. The number of hydrogen-bond donors (Lipinski definition) is 0. The van der Waals surface area contributed by atoms with E-state index in [1.807, 2.05) is 13.0 Å². The SMILES string of the molecule is C=C/C=c1/cc(C=O)c(Cl)n/c1=C/C. The lowest BCUT2D eigenvalue weighted by Crippen LogP contribution is -2.28. The molecule has 0 aliphatic heterocycles. The number of carbonyl (C=O) groups excluding carboxylic acids is 1. The summed E-state index contributed by atoms with van der Waals surface area (Å²) in [6.07, 6.45) is 5.95. The minimum Gasteiger partial charge on any atom is -0.298 e. The molecular formula is C11H10ClNO. The molecule has 0 aliphatic rings. The van der Waals surface area contributed by atoms with Crippen molar-refractivity contribution < 1.29 is 4.79 Å². The Morgan fingerprint density at radius 1 is 1.57 bits per heavy atom. The first kappa shape index (κ1) is 10.7. The fraction of sp³-hybridized carbons (Fsp3) is 0.0909. The van der Waals surface area contributed by atoms with Crippen LogP contribution in [0, 0.1) is 0 Å². The van der Waals surface area contributed by atoms with Gasteiger partial charge >= 0.3 is 0 Å². The van der Waals surface area contributed by atoms with Gasteiger partial charge in [0.2, 0.25) is 0 Å². The first-order chi connectivity index (χ1) is 6.72. The average Bonchev–Trinajstić information content (AvgIpc) is 2.20. The molecule has 72 valence electrons. The van der Waals surface area contributed by atoms with Gasteiger partial charge in [0.25, 0.3) is 0 Å². The molecule has 2 nitrogen and oxygen atoms in total. The molecule has 0 N–H and O–H groups in total. The van der Waals surface area contributed by atoms with E-state index in [1.165, 1.54) is 0 Å². The van der Waals surface area contributed by atoms with Crippen LogP contribution < -0.4 is 10.6 Å². The summed E-state index contributed by atoms with van der Waals surface area (Å²) < 4.78 is 0. The van der Waals surface area contributed by atoms with Crippen molar-refractivity contribution in [2.24, 2.45) is 0 Å². The zero-order valence-corrected chi connectivity index (χ0v) is 8.58. The van der Waals surface area contributed by atoms with Crippen molar-refractivity contribution in [3.05, 3.63) is 40.0 Å². The van der Waals surface area contributed by atoms with E-state index in [2.05, 4.69) is 11.6 Å². The molecule has 0 saturated carbocycles. The average molecular weight is 208 g/mol. The van der Waals surface area contributed by atoms with E-state index in [1.54, 1.807) is 18.2 Å². The molecule has 1 aromatic rings. The number of nitrogens with zero attached hydrogens (tertiary/aromatic N) is 1. The lowest BCUT2D eigenvalue weighted by molar-refractivity contribution is 0.112. The van der Waals surface area contributed by atoms with Gasteiger partial charge in [0.05, 0.1) is 10.9 Å². The van der Waals surface area contributed by atoms with Crippen LogP contribution >= 0.6 is 11.6 Å². The summed E-state index contributed by atoms with van der Waals surface area (Å²) in [6, 6.07) is 1.69. The highest BCUT2D eigenvalue weighted by Crippen LogP contribution is 2.04. The number of aldehydes is 1. The molecule has 14 heavy (non-hydrogen) atoms. The molecule has 0 fully saturated rings. The van der Waals surface area contributed by atoms with Crippen LogP contribution in [0.25, 0.3) is 12.2 Å². The molecule has 0 radical (unpaired) electrons. The maximum absolute atomic E-state index is 10.6.